The molecule has 0 bridgehead atoms. The molecule has 0 saturated carbocycles. The van der Waals surface area contributed by atoms with E-state index < -0.39 is 11.9 Å². The molecule has 152 valence electrons. The van der Waals surface area contributed by atoms with Crippen LogP contribution in [0.1, 0.15) is 5.56 Å². The highest BCUT2D eigenvalue weighted by Crippen LogP contribution is 2.33. The lowest BCUT2D eigenvalue weighted by atomic mass is 10.2. The number of anilines is 1. The summed E-state index contributed by atoms with van der Waals surface area (Å²) in [5.74, 6) is -0.309. The molecule has 1 amide bonds. The van der Waals surface area contributed by atoms with Gasteiger partial charge in [0.1, 0.15) is 5.75 Å². The minimum Gasteiger partial charge on any atom is -0.497 e. The molecule has 30 heavy (non-hydrogen) atoms. The largest absolute Gasteiger partial charge is 0.497 e. The Morgan fingerprint density at radius 2 is 1.73 bits per heavy atom. The van der Waals surface area contributed by atoms with Crippen molar-refractivity contribution in [3.05, 3.63) is 90.5 Å². The van der Waals surface area contributed by atoms with Gasteiger partial charge in [0.2, 0.25) is 0 Å². The number of nitrogens with one attached hydrogen (secondary N) is 1. The van der Waals surface area contributed by atoms with Crippen molar-refractivity contribution < 1.29 is 19.1 Å². The maximum absolute atomic E-state index is 12.2. The van der Waals surface area contributed by atoms with E-state index in [0.29, 0.717) is 11.4 Å². The highest BCUT2D eigenvalue weighted by atomic mass is 32.2. The number of carbonyl (C=O) groups is 2. The van der Waals surface area contributed by atoms with Crippen molar-refractivity contribution in [1.82, 2.24) is 0 Å². The number of rotatable bonds is 8. The minimum atomic E-state index is -0.597. The summed E-state index contributed by atoms with van der Waals surface area (Å²) in [7, 11) is 1.58. The Hall–Kier alpha value is -3.51. The van der Waals surface area contributed by atoms with Crippen molar-refractivity contribution in [1.29, 1.82) is 0 Å². The van der Waals surface area contributed by atoms with Crippen molar-refractivity contribution in [3.63, 3.8) is 0 Å². The zero-order valence-electron chi connectivity index (χ0n) is 16.4. The molecule has 0 aliphatic carbocycles. The summed E-state index contributed by atoms with van der Waals surface area (Å²) in [5.41, 5.74) is 1.46. The normalized spacial score (nSPS) is 10.6. The van der Waals surface area contributed by atoms with Gasteiger partial charge in [-0.05, 0) is 48.0 Å². The van der Waals surface area contributed by atoms with Gasteiger partial charge in [-0.3, -0.25) is 4.79 Å². The van der Waals surface area contributed by atoms with Crippen LogP contribution in [0.4, 0.5) is 5.69 Å². The zero-order valence-corrected chi connectivity index (χ0v) is 17.2. The number of carbonyl (C=O) groups excluding carboxylic acids is 2. The second kappa shape index (κ2) is 10.9. The monoisotopic (exact) mass is 419 g/mol. The number of benzene rings is 3. The Morgan fingerprint density at radius 3 is 2.53 bits per heavy atom. The van der Waals surface area contributed by atoms with Crippen LogP contribution in [0.5, 0.6) is 5.75 Å². The van der Waals surface area contributed by atoms with E-state index in [1.165, 1.54) is 6.08 Å². The van der Waals surface area contributed by atoms with Crippen molar-refractivity contribution in [2.75, 3.05) is 19.0 Å². The molecule has 0 unspecified atom stereocenters. The van der Waals surface area contributed by atoms with Crippen LogP contribution >= 0.6 is 11.8 Å². The molecule has 0 heterocycles. The van der Waals surface area contributed by atoms with E-state index in [9.17, 15) is 9.59 Å². The van der Waals surface area contributed by atoms with Crippen LogP contribution in [0, 0.1) is 0 Å². The third-order valence-electron chi connectivity index (χ3n) is 3.98. The Bertz CT molecular complexity index is 1030. The molecule has 1 N–H and O–H groups in total. The summed E-state index contributed by atoms with van der Waals surface area (Å²) in [4.78, 5) is 26.1. The number of esters is 1. The molecule has 0 fully saturated rings. The predicted molar refractivity (Wildman–Crippen MR) is 119 cm³/mol. The Kier molecular flexibility index (Phi) is 7.69. The first-order valence-corrected chi connectivity index (χ1v) is 10.1. The molecule has 5 nitrogen and oxygen atoms in total. The van der Waals surface area contributed by atoms with Gasteiger partial charge in [0.15, 0.2) is 6.61 Å². The van der Waals surface area contributed by atoms with Gasteiger partial charge in [-0.1, -0.05) is 54.2 Å². The molecule has 0 atom stereocenters. The third kappa shape index (κ3) is 6.53. The Morgan fingerprint density at radius 1 is 0.967 bits per heavy atom. The molecule has 0 saturated heterocycles. The number of hydrogen-bond donors (Lipinski definition) is 1. The molecule has 0 aliphatic heterocycles. The predicted octanol–water partition coefficient (Wildman–Crippen LogP) is 5.04. The molecular formula is C24H21NO4S. The van der Waals surface area contributed by atoms with Crippen molar-refractivity contribution in [3.8, 4) is 5.75 Å². The highest BCUT2D eigenvalue weighted by molar-refractivity contribution is 7.99. The summed E-state index contributed by atoms with van der Waals surface area (Å²) in [5, 5.41) is 2.80. The Labute approximate surface area is 179 Å². The molecule has 0 spiro atoms. The van der Waals surface area contributed by atoms with Crippen LogP contribution in [-0.4, -0.2) is 25.6 Å². The lowest BCUT2D eigenvalue weighted by Crippen LogP contribution is -2.20. The Balaban J connectivity index is 1.53. The molecular weight excluding hydrogens is 398 g/mol. The van der Waals surface area contributed by atoms with E-state index in [-0.39, 0.29) is 6.61 Å². The van der Waals surface area contributed by atoms with Crippen LogP contribution in [0.25, 0.3) is 6.08 Å². The first kappa shape index (κ1) is 21.2. The average molecular weight is 420 g/mol. The molecule has 3 aromatic carbocycles. The first-order chi connectivity index (χ1) is 14.6. The van der Waals surface area contributed by atoms with Crippen LogP contribution in [0.3, 0.4) is 0 Å². The van der Waals surface area contributed by atoms with Gasteiger partial charge in [-0.2, -0.15) is 0 Å². The molecule has 0 aromatic heterocycles. The standard InChI is InChI=1S/C24H21NO4S/c1-28-19-9-7-8-18(16-19)14-15-24(27)29-17-23(26)25-21-12-5-6-13-22(21)30-20-10-3-2-4-11-20/h2-16H,17H2,1H3,(H,25,26). The van der Waals surface area contributed by atoms with E-state index in [2.05, 4.69) is 5.32 Å². The molecule has 3 aromatic rings. The average Bonchev–Trinajstić information content (AvgIpc) is 2.78. The molecule has 0 radical (unpaired) electrons. The SMILES string of the molecule is COc1cccc(C=CC(=O)OCC(=O)Nc2ccccc2Sc2ccccc2)c1. The summed E-state index contributed by atoms with van der Waals surface area (Å²) in [6, 6.07) is 24.6. The quantitative estimate of drug-likeness (QED) is 0.409. The second-order valence-electron chi connectivity index (χ2n) is 6.18. The fraction of sp³-hybridized carbons (Fsp3) is 0.0833. The van der Waals surface area contributed by atoms with Gasteiger partial charge >= 0.3 is 5.97 Å². The van der Waals surface area contributed by atoms with E-state index >= 15 is 0 Å². The lowest BCUT2D eigenvalue weighted by Gasteiger charge is -2.10. The number of amides is 1. The molecule has 0 aliphatic rings. The van der Waals surface area contributed by atoms with Gasteiger partial charge in [0, 0.05) is 15.9 Å². The van der Waals surface area contributed by atoms with Gasteiger partial charge in [0.25, 0.3) is 5.91 Å². The van der Waals surface area contributed by atoms with Gasteiger partial charge in [0.05, 0.1) is 12.8 Å². The summed E-state index contributed by atoms with van der Waals surface area (Å²) in [6.45, 7) is -0.369. The minimum absolute atomic E-state index is 0.369. The molecule has 3 rings (SSSR count). The number of ether oxygens (including phenoxy) is 2. The van der Waals surface area contributed by atoms with Crippen molar-refractivity contribution in [2.45, 2.75) is 9.79 Å². The smallest absolute Gasteiger partial charge is 0.331 e. The second-order valence-corrected chi connectivity index (χ2v) is 7.29. The number of hydrogen-bond acceptors (Lipinski definition) is 5. The highest BCUT2D eigenvalue weighted by Gasteiger charge is 2.09. The van der Waals surface area contributed by atoms with Gasteiger partial charge in [-0.15, -0.1) is 0 Å². The lowest BCUT2D eigenvalue weighted by molar-refractivity contribution is -0.142. The van der Waals surface area contributed by atoms with Crippen LogP contribution < -0.4 is 10.1 Å². The van der Waals surface area contributed by atoms with Gasteiger partial charge in [-0.25, -0.2) is 4.79 Å². The van der Waals surface area contributed by atoms with Gasteiger partial charge < -0.3 is 14.8 Å². The summed E-state index contributed by atoms with van der Waals surface area (Å²) < 4.78 is 10.2. The van der Waals surface area contributed by atoms with E-state index in [4.69, 9.17) is 9.47 Å². The van der Waals surface area contributed by atoms with Crippen LogP contribution in [-0.2, 0) is 14.3 Å². The zero-order chi connectivity index (χ0) is 21.2. The topological polar surface area (TPSA) is 64.6 Å². The number of methoxy groups -OCH3 is 1. The van der Waals surface area contributed by atoms with E-state index in [0.717, 1.165) is 15.4 Å². The van der Waals surface area contributed by atoms with E-state index in [1.54, 1.807) is 31.0 Å². The summed E-state index contributed by atoms with van der Waals surface area (Å²) in [6.07, 6.45) is 2.88. The fourth-order valence-corrected chi connectivity index (χ4v) is 3.48. The maximum atomic E-state index is 12.2. The van der Waals surface area contributed by atoms with Crippen LogP contribution in [0.15, 0.2) is 94.7 Å². The van der Waals surface area contributed by atoms with Crippen LogP contribution in [0.2, 0.25) is 0 Å². The molecule has 6 heteroatoms. The van der Waals surface area contributed by atoms with Crippen molar-refractivity contribution >= 4 is 35.4 Å². The van der Waals surface area contributed by atoms with E-state index in [1.807, 2.05) is 72.8 Å². The van der Waals surface area contributed by atoms with Crippen molar-refractivity contribution in [2.24, 2.45) is 0 Å². The maximum Gasteiger partial charge on any atom is 0.331 e. The fourth-order valence-electron chi connectivity index (χ4n) is 2.55. The number of para-hydroxylation sites is 1. The first-order valence-electron chi connectivity index (χ1n) is 9.25. The summed E-state index contributed by atoms with van der Waals surface area (Å²) >= 11 is 1.55. The third-order valence-corrected chi connectivity index (χ3v) is 5.07.